The van der Waals surface area contributed by atoms with Gasteiger partial charge in [0, 0.05) is 19.5 Å². The number of allylic oxidation sites excluding steroid dienone is 4. The van der Waals surface area contributed by atoms with Gasteiger partial charge in [-0.15, -0.1) is 0 Å². The smallest absolute Gasteiger partial charge is 0 e. The maximum absolute atomic E-state index is 2.27. The first-order valence-corrected chi connectivity index (χ1v) is 8.12. The molecule has 0 spiro atoms. The molecule has 4 rings (SSSR count). The third kappa shape index (κ3) is 4.88. The Kier molecular flexibility index (Phi) is 7.23. The van der Waals surface area contributed by atoms with Gasteiger partial charge in [0.1, 0.15) is 0 Å². The van der Waals surface area contributed by atoms with Gasteiger partial charge in [0.2, 0.25) is 0 Å². The fraction of sp³-hybridized carbons (Fsp3) is 0.182. The van der Waals surface area contributed by atoms with E-state index in [0.29, 0.717) is 0 Å². The minimum atomic E-state index is 0. The van der Waals surface area contributed by atoms with Crippen molar-refractivity contribution in [1.29, 1.82) is 0 Å². The van der Waals surface area contributed by atoms with Gasteiger partial charge < -0.3 is 0 Å². The van der Waals surface area contributed by atoms with Gasteiger partial charge in [-0.05, 0) is 47.2 Å². The van der Waals surface area contributed by atoms with E-state index in [1.165, 1.54) is 47.2 Å². The van der Waals surface area contributed by atoms with Crippen molar-refractivity contribution in [3.05, 3.63) is 85.0 Å². The second-order valence-electron chi connectivity index (χ2n) is 5.61. The summed E-state index contributed by atoms with van der Waals surface area (Å²) in [4.78, 5) is 0. The number of hydrogen-bond acceptors (Lipinski definition) is 0. The summed E-state index contributed by atoms with van der Waals surface area (Å²) in [6.45, 7) is 0. The predicted molar refractivity (Wildman–Crippen MR) is 98.2 cm³/mol. The van der Waals surface area contributed by atoms with Gasteiger partial charge in [0.25, 0.3) is 0 Å². The Hall–Kier alpha value is -1.72. The SMILES string of the molecule is C1=C\CC/C=C\CC/1.[Ru].c1ccc2c(c1)ccc1ccccc12. The molecule has 0 aliphatic heterocycles. The van der Waals surface area contributed by atoms with Crippen LogP contribution in [-0.2, 0) is 19.5 Å². The largest absolute Gasteiger partial charge is 0.0882 e. The van der Waals surface area contributed by atoms with Crippen LogP contribution in [0.4, 0.5) is 0 Å². The number of rotatable bonds is 0. The van der Waals surface area contributed by atoms with Crippen LogP contribution < -0.4 is 0 Å². The van der Waals surface area contributed by atoms with Gasteiger partial charge in [0.05, 0.1) is 0 Å². The Morgan fingerprint density at radius 2 is 0.783 bits per heavy atom. The first kappa shape index (κ1) is 17.6. The average Bonchev–Trinajstić information content (AvgIpc) is 2.55. The molecule has 0 saturated carbocycles. The summed E-state index contributed by atoms with van der Waals surface area (Å²) in [5.74, 6) is 0. The van der Waals surface area contributed by atoms with Gasteiger partial charge in [-0.3, -0.25) is 0 Å². The third-order valence-electron chi connectivity index (χ3n) is 3.99. The molecule has 0 nitrogen and oxygen atoms in total. The van der Waals surface area contributed by atoms with Crippen molar-refractivity contribution in [1.82, 2.24) is 0 Å². The Bertz CT molecular complexity index is 718. The maximum atomic E-state index is 2.27. The van der Waals surface area contributed by atoms with Crippen LogP contribution in [0.15, 0.2) is 85.0 Å². The van der Waals surface area contributed by atoms with Crippen molar-refractivity contribution in [3.63, 3.8) is 0 Å². The van der Waals surface area contributed by atoms with E-state index in [1.807, 2.05) is 0 Å². The van der Waals surface area contributed by atoms with Crippen molar-refractivity contribution in [2.24, 2.45) is 0 Å². The molecule has 0 N–H and O–H groups in total. The van der Waals surface area contributed by atoms with E-state index in [0.717, 1.165) is 0 Å². The molecule has 0 saturated heterocycles. The standard InChI is InChI=1S/C14H10.C8H12.Ru/c1-3-7-13-11(5-1)9-10-12-6-2-4-8-14(12)13;1-2-4-6-8-7-5-3-1;/h1-10H;1-2,7-8H,3-6H2;/b;2-1-,8-7-;. The quantitative estimate of drug-likeness (QED) is 0.230. The van der Waals surface area contributed by atoms with Crippen molar-refractivity contribution in [2.75, 3.05) is 0 Å². The van der Waals surface area contributed by atoms with Crippen LogP contribution in [0.5, 0.6) is 0 Å². The molecule has 0 radical (unpaired) electrons. The molecule has 23 heavy (non-hydrogen) atoms. The summed E-state index contributed by atoms with van der Waals surface area (Å²) in [7, 11) is 0. The maximum Gasteiger partial charge on any atom is 0 e. The molecular formula is C22H22Ru. The van der Waals surface area contributed by atoms with Gasteiger partial charge in [0.15, 0.2) is 0 Å². The second-order valence-corrected chi connectivity index (χ2v) is 5.61. The molecular weight excluding hydrogens is 365 g/mol. The molecule has 118 valence electrons. The fourth-order valence-electron chi connectivity index (χ4n) is 2.81. The van der Waals surface area contributed by atoms with Crippen LogP contribution >= 0.6 is 0 Å². The first-order valence-electron chi connectivity index (χ1n) is 8.12. The Labute approximate surface area is 151 Å². The summed E-state index contributed by atoms with van der Waals surface area (Å²) in [5.41, 5.74) is 0. The van der Waals surface area contributed by atoms with E-state index in [4.69, 9.17) is 0 Å². The molecule has 1 heteroatoms. The molecule has 3 aromatic rings. The fourth-order valence-corrected chi connectivity index (χ4v) is 2.81. The molecule has 0 fully saturated rings. The normalized spacial score (nSPS) is 16.3. The monoisotopic (exact) mass is 388 g/mol. The number of hydrogen-bond donors (Lipinski definition) is 0. The summed E-state index contributed by atoms with van der Waals surface area (Å²) in [5, 5.41) is 5.30. The Morgan fingerprint density at radius 1 is 0.435 bits per heavy atom. The van der Waals surface area contributed by atoms with E-state index >= 15 is 0 Å². The minimum absolute atomic E-state index is 0. The Balaban J connectivity index is 0.000000185. The molecule has 0 heterocycles. The van der Waals surface area contributed by atoms with E-state index in [9.17, 15) is 0 Å². The molecule has 0 atom stereocenters. The molecule has 0 amide bonds. The molecule has 0 bridgehead atoms. The van der Waals surface area contributed by atoms with Crippen LogP contribution in [0, 0.1) is 0 Å². The molecule has 3 aromatic carbocycles. The first-order chi connectivity index (χ1) is 10.9. The number of fused-ring (bicyclic) bond motifs is 3. The second kappa shape index (κ2) is 9.43. The summed E-state index contributed by atoms with van der Waals surface area (Å²) in [6.07, 6.45) is 14.0. The van der Waals surface area contributed by atoms with E-state index in [-0.39, 0.29) is 19.5 Å². The molecule has 1 aliphatic rings. The third-order valence-corrected chi connectivity index (χ3v) is 3.99. The van der Waals surface area contributed by atoms with E-state index < -0.39 is 0 Å². The zero-order valence-corrected chi connectivity index (χ0v) is 15.0. The topological polar surface area (TPSA) is 0 Å². The van der Waals surface area contributed by atoms with Crippen molar-refractivity contribution in [3.8, 4) is 0 Å². The molecule has 1 aliphatic carbocycles. The zero-order valence-electron chi connectivity index (χ0n) is 13.3. The van der Waals surface area contributed by atoms with Gasteiger partial charge in [-0.2, -0.15) is 0 Å². The molecule has 0 unspecified atom stereocenters. The van der Waals surface area contributed by atoms with E-state index in [1.54, 1.807) is 0 Å². The zero-order chi connectivity index (χ0) is 15.0. The van der Waals surface area contributed by atoms with Gasteiger partial charge >= 0.3 is 0 Å². The summed E-state index contributed by atoms with van der Waals surface area (Å²) >= 11 is 0. The average molecular weight is 387 g/mol. The Morgan fingerprint density at radius 3 is 1.17 bits per heavy atom. The van der Waals surface area contributed by atoms with Gasteiger partial charge in [-0.25, -0.2) is 0 Å². The minimum Gasteiger partial charge on any atom is -0.0882 e. The predicted octanol–water partition coefficient (Wildman–Crippen LogP) is 6.66. The van der Waals surface area contributed by atoms with Crippen LogP contribution in [0.25, 0.3) is 21.5 Å². The van der Waals surface area contributed by atoms with Gasteiger partial charge in [-0.1, -0.05) is 85.0 Å². The van der Waals surface area contributed by atoms with Crippen LogP contribution in [0.2, 0.25) is 0 Å². The number of benzene rings is 3. The van der Waals surface area contributed by atoms with Crippen molar-refractivity contribution >= 4 is 21.5 Å². The molecule has 0 aromatic heterocycles. The van der Waals surface area contributed by atoms with Crippen molar-refractivity contribution in [2.45, 2.75) is 25.7 Å². The summed E-state index contributed by atoms with van der Waals surface area (Å²) < 4.78 is 0. The van der Waals surface area contributed by atoms with Crippen LogP contribution in [0.3, 0.4) is 0 Å². The van der Waals surface area contributed by atoms with Crippen LogP contribution in [0.1, 0.15) is 25.7 Å². The summed E-state index contributed by atoms with van der Waals surface area (Å²) in [6, 6.07) is 21.4. The van der Waals surface area contributed by atoms with E-state index in [2.05, 4.69) is 85.0 Å². The van der Waals surface area contributed by atoms with Crippen molar-refractivity contribution < 1.29 is 19.5 Å². The van der Waals surface area contributed by atoms with Crippen LogP contribution in [-0.4, -0.2) is 0 Å².